The van der Waals surface area contributed by atoms with Crippen molar-refractivity contribution in [3.05, 3.63) is 75.4 Å². The molecular weight excluding hydrogens is 564 g/mol. The Labute approximate surface area is 240 Å². The number of hydrogen-bond acceptors (Lipinski definition) is 11. The molecule has 210 valence electrons. The minimum absolute atomic E-state index is 0.0195. The van der Waals surface area contributed by atoms with E-state index in [9.17, 15) is 14.4 Å². The summed E-state index contributed by atoms with van der Waals surface area (Å²) in [5.41, 5.74) is 4.12. The Morgan fingerprint density at radius 1 is 1.14 bits per heavy atom. The summed E-state index contributed by atoms with van der Waals surface area (Å²) in [6.07, 6.45) is 1.44. The van der Waals surface area contributed by atoms with Gasteiger partial charge in [0.15, 0.2) is 6.61 Å². The molecule has 0 bridgehead atoms. The lowest BCUT2D eigenvalue weighted by molar-refractivity contribution is -0.118. The third kappa shape index (κ3) is 4.62. The summed E-state index contributed by atoms with van der Waals surface area (Å²) in [5.74, 6) is -0.260. The van der Waals surface area contributed by atoms with E-state index in [1.165, 1.54) is 10.5 Å². The molecule has 4 N–H and O–H groups in total. The second-order valence-corrected chi connectivity index (χ2v) is 10.0. The Kier molecular flexibility index (Phi) is 6.15. The monoisotopic (exact) mass is 584 g/mol. The number of benzene rings is 2. The fraction of sp³-hybridized carbons (Fsp3) is 0.192. The van der Waals surface area contributed by atoms with E-state index >= 15 is 0 Å². The number of nitrogens with zero attached hydrogens (tertiary/aromatic N) is 6. The minimum atomic E-state index is -0.533. The van der Waals surface area contributed by atoms with Crippen LogP contribution in [-0.4, -0.2) is 59.5 Å². The molecular formula is C26H20N10O5S. The van der Waals surface area contributed by atoms with Gasteiger partial charge in [0.1, 0.15) is 17.1 Å². The molecule has 2 aromatic carbocycles. The number of aromatic nitrogens is 7. The number of carbonyl (C=O) groups excluding carboxylic acids is 3. The number of ether oxygens (including phenoxy) is 1. The Hall–Kier alpha value is -5.51. The number of amides is 3. The number of H-pyrrole nitrogens is 1. The predicted octanol–water partition coefficient (Wildman–Crippen LogP) is 1.91. The third-order valence-corrected chi connectivity index (χ3v) is 7.30. The van der Waals surface area contributed by atoms with E-state index in [0.29, 0.717) is 29.2 Å². The van der Waals surface area contributed by atoms with Gasteiger partial charge < -0.3 is 25.2 Å². The first-order chi connectivity index (χ1) is 20.4. The van der Waals surface area contributed by atoms with E-state index in [0.717, 1.165) is 23.1 Å². The largest absolute Gasteiger partial charge is 0.482 e. The van der Waals surface area contributed by atoms with Crippen LogP contribution in [0.3, 0.4) is 0 Å². The van der Waals surface area contributed by atoms with Gasteiger partial charge in [-0.05, 0) is 76.4 Å². The summed E-state index contributed by atoms with van der Waals surface area (Å²) >= 11 is 5.20. The van der Waals surface area contributed by atoms with Crippen LogP contribution < -0.4 is 20.7 Å². The smallest absolute Gasteiger partial charge is 0.303 e. The van der Waals surface area contributed by atoms with Crippen LogP contribution in [0.15, 0.2) is 47.0 Å². The van der Waals surface area contributed by atoms with Crippen molar-refractivity contribution in [1.29, 1.82) is 0 Å². The predicted molar refractivity (Wildman–Crippen MR) is 146 cm³/mol. The van der Waals surface area contributed by atoms with Gasteiger partial charge in [-0.2, -0.15) is 5.21 Å². The molecule has 2 aliphatic rings. The Morgan fingerprint density at radius 2 is 2.05 bits per heavy atom. The van der Waals surface area contributed by atoms with Crippen molar-refractivity contribution >= 4 is 41.4 Å². The van der Waals surface area contributed by atoms with E-state index in [-0.39, 0.29) is 47.1 Å². The number of tetrazole rings is 1. The normalized spacial score (nSPS) is 15.4. The van der Waals surface area contributed by atoms with Crippen LogP contribution in [0.25, 0.3) is 17.2 Å². The van der Waals surface area contributed by atoms with E-state index in [2.05, 4.69) is 46.7 Å². The number of rotatable bonds is 6. The summed E-state index contributed by atoms with van der Waals surface area (Å²) in [6, 6.07) is 12.1. The van der Waals surface area contributed by atoms with Crippen LogP contribution >= 0.6 is 12.2 Å². The van der Waals surface area contributed by atoms with Crippen molar-refractivity contribution in [2.75, 3.05) is 11.9 Å². The van der Waals surface area contributed by atoms with Gasteiger partial charge in [0.25, 0.3) is 23.5 Å². The molecule has 16 heteroatoms. The maximum absolute atomic E-state index is 13.4. The standard InChI is InChI=1S/C26H20N10O5S/c37-21-11-40-20-6-1-12(7-17(20)28-21)10-27-24(39)19-9-18(30-25-33-41-26(42)36(19)25)23(38)29-16-5-3-13-8-14(2-4-15(13)16)22-31-34-35-32-22/h1-2,4,6-9,16H,3,5,10-11H2,(H,27,39)(H,28,37)(H,29,38)(H,31,32,34,35)/t16-/m0/s1. The summed E-state index contributed by atoms with van der Waals surface area (Å²) in [7, 11) is 0. The molecule has 1 aliphatic carbocycles. The van der Waals surface area contributed by atoms with E-state index < -0.39 is 11.8 Å². The molecule has 5 aromatic rings. The summed E-state index contributed by atoms with van der Waals surface area (Å²) in [4.78, 5) is 42.5. The van der Waals surface area contributed by atoms with Crippen LogP contribution in [0.2, 0.25) is 0 Å². The summed E-state index contributed by atoms with van der Waals surface area (Å²) < 4.78 is 11.7. The molecule has 3 aromatic heterocycles. The Bertz CT molecular complexity index is 1950. The number of aryl methyl sites for hydroxylation is 1. The quantitative estimate of drug-likeness (QED) is 0.213. The van der Waals surface area contributed by atoms with Crippen LogP contribution in [0.4, 0.5) is 5.69 Å². The van der Waals surface area contributed by atoms with Crippen molar-refractivity contribution in [2.24, 2.45) is 0 Å². The fourth-order valence-electron chi connectivity index (χ4n) is 5.07. The van der Waals surface area contributed by atoms with Gasteiger partial charge in [-0.15, -0.1) is 10.2 Å². The van der Waals surface area contributed by atoms with Crippen molar-refractivity contribution in [2.45, 2.75) is 25.4 Å². The number of aromatic amines is 1. The van der Waals surface area contributed by atoms with Crippen LogP contribution in [0.5, 0.6) is 5.75 Å². The van der Waals surface area contributed by atoms with Gasteiger partial charge in [-0.1, -0.05) is 18.2 Å². The lowest BCUT2D eigenvalue weighted by atomic mass is 10.0. The molecule has 0 unspecified atom stereocenters. The fourth-order valence-corrected chi connectivity index (χ4v) is 5.29. The maximum Gasteiger partial charge on any atom is 0.303 e. The zero-order valence-electron chi connectivity index (χ0n) is 21.6. The van der Waals surface area contributed by atoms with E-state index in [1.54, 1.807) is 18.2 Å². The van der Waals surface area contributed by atoms with Crippen molar-refractivity contribution in [3.63, 3.8) is 0 Å². The van der Waals surface area contributed by atoms with Gasteiger partial charge >= 0.3 is 4.84 Å². The van der Waals surface area contributed by atoms with Crippen molar-refractivity contribution in [1.82, 2.24) is 45.8 Å². The number of carbonyl (C=O) groups is 3. The molecule has 0 saturated heterocycles. The molecule has 0 radical (unpaired) electrons. The lowest BCUT2D eigenvalue weighted by Gasteiger charge is -2.18. The molecule has 1 atom stereocenters. The third-order valence-electron chi connectivity index (χ3n) is 7.05. The number of anilines is 1. The molecule has 1 aliphatic heterocycles. The minimum Gasteiger partial charge on any atom is -0.482 e. The first-order valence-electron chi connectivity index (χ1n) is 12.8. The molecule has 15 nitrogen and oxygen atoms in total. The zero-order valence-corrected chi connectivity index (χ0v) is 22.4. The second kappa shape index (κ2) is 10.2. The number of hydrogen-bond donors (Lipinski definition) is 4. The zero-order chi connectivity index (χ0) is 28.8. The SMILES string of the molecule is O=C1COc2ccc(CNC(=O)c3cc(C(=O)N[C@H]4CCc5cc(-c6nn[nH]n6)ccc54)nc4noc(=S)n34)cc2N1. The molecule has 0 spiro atoms. The van der Waals surface area contributed by atoms with E-state index in [1.807, 2.05) is 18.2 Å². The average Bonchev–Trinajstić information content (AvgIpc) is 3.76. The Balaban J connectivity index is 1.11. The molecule has 3 amide bonds. The van der Waals surface area contributed by atoms with Crippen molar-refractivity contribution in [3.8, 4) is 17.1 Å². The molecule has 42 heavy (non-hydrogen) atoms. The van der Waals surface area contributed by atoms with Crippen LogP contribution in [-0.2, 0) is 17.8 Å². The highest BCUT2D eigenvalue weighted by Gasteiger charge is 2.27. The first kappa shape index (κ1) is 25.5. The van der Waals surface area contributed by atoms with Crippen molar-refractivity contribution < 1.29 is 23.6 Å². The summed E-state index contributed by atoms with van der Waals surface area (Å²) in [6.45, 7) is 0.0722. The maximum atomic E-state index is 13.4. The molecule has 4 heterocycles. The number of nitrogens with one attached hydrogen (secondary N) is 4. The average molecular weight is 585 g/mol. The van der Waals surface area contributed by atoms with Gasteiger partial charge in [0.2, 0.25) is 5.82 Å². The summed E-state index contributed by atoms with van der Waals surface area (Å²) in [5, 5.41) is 26.4. The highest BCUT2D eigenvalue weighted by Crippen LogP contribution is 2.34. The first-order valence-corrected chi connectivity index (χ1v) is 13.2. The molecule has 0 fully saturated rings. The van der Waals surface area contributed by atoms with Gasteiger partial charge in [0, 0.05) is 12.1 Å². The molecule has 0 saturated carbocycles. The van der Waals surface area contributed by atoms with Gasteiger partial charge in [-0.25, -0.2) is 9.38 Å². The highest BCUT2D eigenvalue weighted by atomic mass is 32.1. The lowest BCUT2D eigenvalue weighted by Crippen LogP contribution is -2.30. The van der Waals surface area contributed by atoms with E-state index in [4.69, 9.17) is 21.5 Å². The van der Waals surface area contributed by atoms with Gasteiger partial charge in [0.05, 0.1) is 11.7 Å². The molecule has 7 rings (SSSR count). The highest BCUT2D eigenvalue weighted by molar-refractivity contribution is 7.71. The van der Waals surface area contributed by atoms with Crippen LogP contribution in [0.1, 0.15) is 50.1 Å². The Morgan fingerprint density at radius 3 is 2.90 bits per heavy atom. The van der Waals surface area contributed by atoms with Gasteiger partial charge in [-0.3, -0.25) is 14.4 Å². The number of fused-ring (bicyclic) bond motifs is 3. The second-order valence-electron chi connectivity index (χ2n) is 9.67. The topological polar surface area (TPSA) is 194 Å². The van der Waals surface area contributed by atoms with Crippen LogP contribution in [0, 0.1) is 4.84 Å².